The number of anilines is 1. The summed E-state index contributed by atoms with van der Waals surface area (Å²) < 4.78 is 29.4. The maximum atomic E-state index is 12.7. The second kappa shape index (κ2) is 5.81. The monoisotopic (exact) mass is 329 g/mol. The lowest BCUT2D eigenvalue weighted by Gasteiger charge is -2.13. The van der Waals surface area contributed by atoms with Crippen LogP contribution in [-0.2, 0) is 10.0 Å². The Balaban J connectivity index is 1.99. The molecule has 118 valence electrons. The molecule has 23 heavy (non-hydrogen) atoms. The van der Waals surface area contributed by atoms with Gasteiger partial charge in [-0.3, -0.25) is 4.72 Å². The minimum absolute atomic E-state index is 0.146. The highest BCUT2D eigenvalue weighted by Gasteiger charge is 2.17. The Morgan fingerprint density at radius 2 is 1.74 bits per heavy atom. The number of rotatable bonds is 4. The molecule has 1 heterocycles. The zero-order valence-corrected chi connectivity index (χ0v) is 13.4. The third kappa shape index (κ3) is 3.07. The highest BCUT2D eigenvalue weighted by Crippen LogP contribution is 2.24. The van der Waals surface area contributed by atoms with E-state index in [1.54, 1.807) is 12.1 Å². The summed E-state index contributed by atoms with van der Waals surface area (Å²) in [5.74, 6) is 0. The predicted octanol–water partition coefficient (Wildman–Crippen LogP) is 2.08. The molecule has 3 aromatic rings. The Morgan fingerprint density at radius 3 is 2.39 bits per heavy atom. The lowest BCUT2D eigenvalue weighted by Crippen LogP contribution is -2.15. The van der Waals surface area contributed by atoms with Crippen LogP contribution >= 0.6 is 0 Å². The van der Waals surface area contributed by atoms with E-state index in [-0.39, 0.29) is 4.90 Å². The molecular weight excluding hydrogens is 314 g/mol. The zero-order valence-electron chi connectivity index (χ0n) is 12.6. The second-order valence-corrected chi connectivity index (χ2v) is 6.81. The molecule has 0 unspecified atom stereocenters. The minimum Gasteiger partial charge on any atom is -0.279 e. The van der Waals surface area contributed by atoms with Crippen LogP contribution in [0.4, 0.5) is 5.69 Å². The lowest BCUT2D eigenvalue weighted by molar-refractivity contribution is 0.601. The van der Waals surface area contributed by atoms with Crippen LogP contribution in [0.3, 0.4) is 0 Å². The number of sulfonamides is 1. The van der Waals surface area contributed by atoms with E-state index in [1.807, 2.05) is 32.0 Å². The van der Waals surface area contributed by atoms with Gasteiger partial charge in [-0.1, -0.05) is 24.3 Å². The predicted molar refractivity (Wildman–Crippen MR) is 85.9 cm³/mol. The molecule has 2 aromatic carbocycles. The number of nitrogens with one attached hydrogen (secondary N) is 1. The Kier molecular flexibility index (Phi) is 3.83. The van der Waals surface area contributed by atoms with E-state index in [0.29, 0.717) is 11.4 Å². The molecule has 0 spiro atoms. The first-order valence-corrected chi connectivity index (χ1v) is 8.38. The van der Waals surface area contributed by atoms with E-state index in [4.69, 9.17) is 0 Å². The lowest BCUT2D eigenvalue weighted by atomic mass is 10.1. The van der Waals surface area contributed by atoms with Gasteiger partial charge in [0.2, 0.25) is 0 Å². The summed E-state index contributed by atoms with van der Waals surface area (Å²) in [6.45, 7) is 3.73. The van der Waals surface area contributed by atoms with Crippen molar-refractivity contribution in [2.75, 3.05) is 4.72 Å². The van der Waals surface area contributed by atoms with E-state index in [2.05, 4.69) is 20.2 Å². The molecule has 0 radical (unpaired) electrons. The third-order valence-electron chi connectivity index (χ3n) is 3.46. The summed E-state index contributed by atoms with van der Waals surface area (Å²) in [5, 5.41) is 10.9. The first-order valence-electron chi connectivity index (χ1n) is 6.90. The smallest absolute Gasteiger partial charge is 0.261 e. The van der Waals surface area contributed by atoms with Crippen molar-refractivity contribution >= 4 is 15.7 Å². The number of hydrogen-bond donors (Lipinski definition) is 1. The van der Waals surface area contributed by atoms with Crippen molar-refractivity contribution in [3.63, 3.8) is 0 Å². The Hall–Kier alpha value is -2.74. The number of nitrogens with zero attached hydrogens (tertiary/aromatic N) is 4. The maximum absolute atomic E-state index is 12.7. The number of benzene rings is 2. The van der Waals surface area contributed by atoms with Gasteiger partial charge in [0, 0.05) is 0 Å². The van der Waals surface area contributed by atoms with E-state index >= 15 is 0 Å². The molecule has 0 aliphatic heterocycles. The van der Waals surface area contributed by atoms with Crippen molar-refractivity contribution in [3.8, 4) is 5.69 Å². The van der Waals surface area contributed by atoms with Gasteiger partial charge >= 0.3 is 0 Å². The zero-order chi connectivity index (χ0) is 16.4. The molecule has 0 saturated carbocycles. The fraction of sp³-hybridized carbons (Fsp3) is 0.133. The molecule has 0 atom stereocenters. The molecule has 0 fully saturated rings. The van der Waals surface area contributed by atoms with Crippen molar-refractivity contribution in [1.29, 1.82) is 0 Å². The number of tetrazole rings is 1. The molecular formula is C15H15N5O2S. The van der Waals surface area contributed by atoms with Crippen LogP contribution in [0.15, 0.2) is 53.7 Å². The Bertz CT molecular complexity index is 916. The largest absolute Gasteiger partial charge is 0.279 e. The summed E-state index contributed by atoms with van der Waals surface area (Å²) in [7, 11) is -3.70. The average Bonchev–Trinajstić information content (AvgIpc) is 3.06. The van der Waals surface area contributed by atoms with Gasteiger partial charge in [-0.2, -0.15) is 0 Å². The van der Waals surface area contributed by atoms with Crippen LogP contribution in [0, 0.1) is 13.8 Å². The van der Waals surface area contributed by atoms with Gasteiger partial charge in [0.05, 0.1) is 16.3 Å². The fourth-order valence-corrected chi connectivity index (χ4v) is 3.48. The second-order valence-electron chi connectivity index (χ2n) is 5.12. The number of hydrogen-bond acceptors (Lipinski definition) is 5. The maximum Gasteiger partial charge on any atom is 0.261 e. The third-order valence-corrected chi connectivity index (χ3v) is 4.81. The van der Waals surface area contributed by atoms with Crippen molar-refractivity contribution in [1.82, 2.24) is 20.2 Å². The summed E-state index contributed by atoms with van der Waals surface area (Å²) in [6.07, 6.45) is 1.41. The standard InChI is InChI=1S/C15H15N5O2S/c1-11-5-3-6-12(2)15(11)17-23(21,22)14-8-4-7-13(9-14)20-10-16-18-19-20/h3-10,17H,1-2H3. The topological polar surface area (TPSA) is 89.8 Å². The first kappa shape index (κ1) is 15.2. The normalized spacial score (nSPS) is 11.4. The number of para-hydroxylation sites is 1. The molecule has 0 saturated heterocycles. The van der Waals surface area contributed by atoms with Gasteiger partial charge < -0.3 is 0 Å². The average molecular weight is 329 g/mol. The van der Waals surface area contributed by atoms with Gasteiger partial charge in [0.15, 0.2) is 0 Å². The van der Waals surface area contributed by atoms with Crippen molar-refractivity contribution in [2.24, 2.45) is 0 Å². The molecule has 3 rings (SSSR count). The summed E-state index contributed by atoms with van der Waals surface area (Å²) in [5.41, 5.74) is 2.90. The van der Waals surface area contributed by atoms with Crippen LogP contribution < -0.4 is 4.72 Å². The van der Waals surface area contributed by atoms with Crippen molar-refractivity contribution in [3.05, 3.63) is 59.9 Å². The molecule has 0 aliphatic rings. The molecule has 1 aromatic heterocycles. The van der Waals surface area contributed by atoms with E-state index in [9.17, 15) is 8.42 Å². The molecule has 1 N–H and O–H groups in total. The molecule has 8 heteroatoms. The molecule has 0 bridgehead atoms. The Labute approximate surface area is 134 Å². The van der Waals surface area contributed by atoms with Gasteiger partial charge in [-0.05, 0) is 53.6 Å². The van der Waals surface area contributed by atoms with E-state index in [0.717, 1.165) is 11.1 Å². The van der Waals surface area contributed by atoms with Gasteiger partial charge in [0.25, 0.3) is 10.0 Å². The van der Waals surface area contributed by atoms with Crippen molar-refractivity contribution < 1.29 is 8.42 Å². The number of aryl methyl sites for hydroxylation is 2. The van der Waals surface area contributed by atoms with Gasteiger partial charge in [-0.15, -0.1) is 5.10 Å². The Morgan fingerprint density at radius 1 is 1.04 bits per heavy atom. The molecule has 7 nitrogen and oxygen atoms in total. The van der Waals surface area contributed by atoms with Gasteiger partial charge in [-0.25, -0.2) is 13.1 Å². The SMILES string of the molecule is Cc1cccc(C)c1NS(=O)(=O)c1cccc(-n2cnnn2)c1. The fourth-order valence-electron chi connectivity index (χ4n) is 2.24. The van der Waals surface area contributed by atoms with Gasteiger partial charge in [0.1, 0.15) is 6.33 Å². The summed E-state index contributed by atoms with van der Waals surface area (Å²) in [6, 6.07) is 12.0. The molecule has 0 amide bonds. The van der Waals surface area contributed by atoms with E-state index in [1.165, 1.54) is 23.1 Å². The number of aromatic nitrogens is 4. The van der Waals surface area contributed by atoms with Crippen LogP contribution in [0.25, 0.3) is 5.69 Å². The quantitative estimate of drug-likeness (QED) is 0.791. The minimum atomic E-state index is -3.70. The van der Waals surface area contributed by atoms with E-state index < -0.39 is 10.0 Å². The van der Waals surface area contributed by atoms with Crippen LogP contribution in [-0.4, -0.2) is 28.6 Å². The van der Waals surface area contributed by atoms with Crippen LogP contribution in [0.5, 0.6) is 0 Å². The molecule has 0 aliphatic carbocycles. The van der Waals surface area contributed by atoms with Crippen LogP contribution in [0.1, 0.15) is 11.1 Å². The summed E-state index contributed by atoms with van der Waals surface area (Å²) in [4.78, 5) is 0.146. The highest BCUT2D eigenvalue weighted by molar-refractivity contribution is 7.92. The van der Waals surface area contributed by atoms with Crippen LogP contribution in [0.2, 0.25) is 0 Å². The first-order chi connectivity index (χ1) is 11.0. The summed E-state index contributed by atoms with van der Waals surface area (Å²) >= 11 is 0. The highest BCUT2D eigenvalue weighted by atomic mass is 32.2. The van der Waals surface area contributed by atoms with Crippen molar-refractivity contribution in [2.45, 2.75) is 18.7 Å².